The molecule has 9 heteroatoms. The molecule has 3 aromatic rings. The molecule has 40 heavy (non-hydrogen) atoms. The van der Waals surface area contributed by atoms with Crippen LogP contribution in [0.4, 0.5) is 10.5 Å². The minimum absolute atomic E-state index is 0.150. The summed E-state index contributed by atoms with van der Waals surface area (Å²) in [6, 6.07) is 18.5. The first-order chi connectivity index (χ1) is 19.2. The van der Waals surface area contributed by atoms with Gasteiger partial charge in [0, 0.05) is 5.69 Å². The average molecular weight is 561 g/mol. The van der Waals surface area contributed by atoms with E-state index in [-0.39, 0.29) is 36.8 Å². The average Bonchev–Trinajstić information content (AvgIpc) is 3.18. The van der Waals surface area contributed by atoms with Crippen molar-refractivity contribution in [2.45, 2.75) is 27.7 Å². The van der Waals surface area contributed by atoms with Gasteiger partial charge in [0.15, 0.2) is 18.1 Å². The Morgan fingerprint density at radius 2 is 1.75 bits per heavy atom. The van der Waals surface area contributed by atoms with E-state index in [4.69, 9.17) is 14.2 Å². The van der Waals surface area contributed by atoms with Gasteiger partial charge in [-0.2, -0.15) is 0 Å². The van der Waals surface area contributed by atoms with Crippen LogP contribution in [0.15, 0.2) is 65.6 Å². The van der Waals surface area contributed by atoms with Crippen LogP contribution in [0.1, 0.15) is 29.2 Å². The molecule has 1 aliphatic heterocycles. The van der Waals surface area contributed by atoms with E-state index in [9.17, 15) is 14.4 Å². The third-order valence-electron chi connectivity index (χ3n) is 6.25. The Hall–Kier alpha value is -4.24. The highest BCUT2D eigenvalue weighted by Gasteiger charge is 2.34. The molecular formula is C31H32N2O6S. The number of imide groups is 1. The monoisotopic (exact) mass is 560 g/mol. The van der Waals surface area contributed by atoms with Gasteiger partial charge in [0.1, 0.15) is 12.4 Å². The van der Waals surface area contributed by atoms with Crippen LogP contribution < -0.4 is 19.5 Å². The first-order valence-electron chi connectivity index (χ1n) is 13.0. The molecule has 0 aromatic heterocycles. The van der Waals surface area contributed by atoms with Crippen LogP contribution >= 0.6 is 11.8 Å². The summed E-state index contributed by atoms with van der Waals surface area (Å²) in [6.45, 7) is 8.28. The van der Waals surface area contributed by atoms with E-state index in [1.165, 1.54) is 4.90 Å². The molecule has 0 aliphatic carbocycles. The van der Waals surface area contributed by atoms with E-state index >= 15 is 0 Å². The van der Waals surface area contributed by atoms with E-state index in [0.29, 0.717) is 34.3 Å². The van der Waals surface area contributed by atoms with Gasteiger partial charge in [0.05, 0.1) is 18.1 Å². The number of carbonyl (C=O) groups excluding carboxylic acids is 3. The summed E-state index contributed by atoms with van der Waals surface area (Å²) in [5.74, 6) is 0.860. The maximum Gasteiger partial charge on any atom is 0.293 e. The van der Waals surface area contributed by atoms with Crippen molar-refractivity contribution in [2.24, 2.45) is 0 Å². The van der Waals surface area contributed by atoms with Gasteiger partial charge in [0.2, 0.25) is 0 Å². The van der Waals surface area contributed by atoms with Crippen molar-refractivity contribution in [3.05, 3.63) is 87.8 Å². The number of hydrogen-bond acceptors (Lipinski definition) is 7. The van der Waals surface area contributed by atoms with Crippen molar-refractivity contribution in [1.29, 1.82) is 0 Å². The lowest BCUT2D eigenvalue weighted by atomic mass is 10.1. The second-order valence-corrected chi connectivity index (χ2v) is 10.2. The zero-order valence-corrected chi connectivity index (χ0v) is 23.8. The fraction of sp³-hybridized carbons (Fsp3) is 0.258. The standard InChI is InChI=1S/C31H32N2O6S/c1-5-37-27-17-23(12-13-26(27)39-19-29(34)32-25-11-7-9-21(3)22(25)4)18-28-30(35)33(31(36)40-28)14-15-38-24-10-6-8-20(2)16-24/h6-13,16-18H,5,14-15,19H2,1-4H3,(H,32,34)/b28-18-. The van der Waals surface area contributed by atoms with Crippen LogP contribution in [-0.4, -0.2) is 48.3 Å². The number of amides is 3. The largest absolute Gasteiger partial charge is 0.492 e. The number of ether oxygens (including phenoxy) is 3. The molecular weight excluding hydrogens is 528 g/mol. The molecule has 4 rings (SSSR count). The van der Waals surface area contributed by atoms with Crippen molar-refractivity contribution >= 4 is 40.6 Å². The Balaban J connectivity index is 1.38. The predicted octanol–water partition coefficient (Wildman–Crippen LogP) is 6.14. The molecule has 3 aromatic carbocycles. The zero-order chi connectivity index (χ0) is 28.6. The number of aryl methyl sites for hydroxylation is 2. The Morgan fingerprint density at radius 1 is 0.950 bits per heavy atom. The van der Waals surface area contributed by atoms with Gasteiger partial charge in [-0.05, 0) is 98.1 Å². The molecule has 3 amide bonds. The number of anilines is 1. The predicted molar refractivity (Wildman–Crippen MR) is 157 cm³/mol. The van der Waals surface area contributed by atoms with Crippen LogP contribution in [0, 0.1) is 20.8 Å². The van der Waals surface area contributed by atoms with E-state index in [2.05, 4.69) is 5.32 Å². The first kappa shape index (κ1) is 28.8. The van der Waals surface area contributed by atoms with E-state index in [0.717, 1.165) is 34.1 Å². The summed E-state index contributed by atoms with van der Waals surface area (Å²) in [4.78, 5) is 39.4. The van der Waals surface area contributed by atoms with Crippen LogP contribution in [0.2, 0.25) is 0 Å². The molecule has 1 N–H and O–H groups in total. The number of rotatable bonds is 11. The third-order valence-corrected chi connectivity index (χ3v) is 7.16. The van der Waals surface area contributed by atoms with Crippen LogP contribution in [0.3, 0.4) is 0 Å². The van der Waals surface area contributed by atoms with Gasteiger partial charge in [-0.25, -0.2) is 0 Å². The molecule has 0 bridgehead atoms. The van der Waals surface area contributed by atoms with Gasteiger partial charge in [-0.15, -0.1) is 0 Å². The van der Waals surface area contributed by atoms with Crippen molar-refractivity contribution in [1.82, 2.24) is 4.90 Å². The van der Waals surface area contributed by atoms with Crippen molar-refractivity contribution < 1.29 is 28.6 Å². The van der Waals surface area contributed by atoms with E-state index < -0.39 is 0 Å². The van der Waals surface area contributed by atoms with Gasteiger partial charge in [-0.3, -0.25) is 19.3 Å². The molecule has 0 saturated carbocycles. The lowest BCUT2D eigenvalue weighted by Gasteiger charge is -2.14. The number of carbonyl (C=O) groups is 3. The molecule has 0 atom stereocenters. The molecule has 208 valence electrons. The minimum atomic E-state index is -0.371. The third kappa shape index (κ3) is 7.24. The highest BCUT2D eigenvalue weighted by Crippen LogP contribution is 2.34. The fourth-order valence-corrected chi connectivity index (χ4v) is 4.89. The molecule has 1 aliphatic rings. The Labute approximate surface area is 238 Å². The fourth-order valence-electron chi connectivity index (χ4n) is 4.02. The number of hydrogen-bond donors (Lipinski definition) is 1. The number of nitrogens with zero attached hydrogens (tertiary/aromatic N) is 1. The van der Waals surface area contributed by atoms with Crippen molar-refractivity contribution in [3.8, 4) is 17.2 Å². The van der Waals surface area contributed by atoms with Gasteiger partial charge in [0.25, 0.3) is 17.1 Å². The summed E-state index contributed by atoms with van der Waals surface area (Å²) >= 11 is 0.884. The highest BCUT2D eigenvalue weighted by molar-refractivity contribution is 8.18. The topological polar surface area (TPSA) is 94.2 Å². The summed E-state index contributed by atoms with van der Waals surface area (Å²) in [6.07, 6.45) is 1.64. The van der Waals surface area contributed by atoms with Crippen molar-refractivity contribution in [3.63, 3.8) is 0 Å². The summed E-state index contributed by atoms with van der Waals surface area (Å²) in [7, 11) is 0. The number of nitrogens with one attached hydrogen (secondary N) is 1. The molecule has 0 spiro atoms. The molecule has 0 unspecified atom stereocenters. The summed E-state index contributed by atoms with van der Waals surface area (Å²) < 4.78 is 17.2. The zero-order valence-electron chi connectivity index (χ0n) is 23.0. The van der Waals surface area contributed by atoms with Crippen LogP contribution in [0.25, 0.3) is 6.08 Å². The summed E-state index contributed by atoms with van der Waals surface area (Å²) in [5.41, 5.74) is 4.55. The molecule has 0 radical (unpaired) electrons. The Bertz CT molecular complexity index is 1450. The normalized spacial score (nSPS) is 14.0. The quantitative estimate of drug-likeness (QED) is 0.281. The van der Waals surface area contributed by atoms with Gasteiger partial charge < -0.3 is 19.5 Å². The molecule has 1 heterocycles. The van der Waals surface area contributed by atoms with Gasteiger partial charge in [-0.1, -0.05) is 30.3 Å². The second kappa shape index (κ2) is 13.2. The van der Waals surface area contributed by atoms with E-state index in [1.54, 1.807) is 24.3 Å². The lowest BCUT2D eigenvalue weighted by molar-refractivity contribution is -0.123. The van der Waals surface area contributed by atoms with E-state index in [1.807, 2.05) is 70.2 Å². The first-order valence-corrected chi connectivity index (χ1v) is 13.8. The van der Waals surface area contributed by atoms with Crippen LogP contribution in [-0.2, 0) is 9.59 Å². The summed E-state index contributed by atoms with van der Waals surface area (Å²) in [5, 5.41) is 2.53. The Kier molecular flexibility index (Phi) is 9.50. The minimum Gasteiger partial charge on any atom is -0.492 e. The maximum atomic E-state index is 12.9. The maximum absolute atomic E-state index is 12.9. The SMILES string of the molecule is CCOc1cc(/C=C2\SC(=O)N(CCOc3cccc(C)c3)C2=O)ccc1OCC(=O)Nc1cccc(C)c1C. The molecule has 8 nitrogen and oxygen atoms in total. The van der Waals surface area contributed by atoms with Gasteiger partial charge >= 0.3 is 0 Å². The Morgan fingerprint density at radius 3 is 2.52 bits per heavy atom. The highest BCUT2D eigenvalue weighted by atomic mass is 32.2. The van der Waals surface area contributed by atoms with Crippen molar-refractivity contribution in [2.75, 3.05) is 31.7 Å². The second-order valence-electron chi connectivity index (χ2n) is 9.22. The smallest absolute Gasteiger partial charge is 0.293 e. The van der Waals surface area contributed by atoms with Crippen LogP contribution in [0.5, 0.6) is 17.2 Å². The molecule has 1 fully saturated rings. The molecule has 1 saturated heterocycles. The number of benzene rings is 3. The number of thioether (sulfide) groups is 1. The lowest BCUT2D eigenvalue weighted by Crippen LogP contribution is -2.32.